The average molecular weight is 283 g/mol. The van der Waals surface area contributed by atoms with E-state index in [1.54, 1.807) is 0 Å². The second-order valence-corrected chi connectivity index (χ2v) is 6.42. The zero-order valence-electron chi connectivity index (χ0n) is 11.6. The van der Waals surface area contributed by atoms with Crippen LogP contribution < -0.4 is 11.3 Å². The summed E-state index contributed by atoms with van der Waals surface area (Å²) in [6.45, 7) is 8.34. The standard InChI is InChI=1S/C12H21N5OS/c1-12(2)8-17(5-4-16(12)3)6-9-7-19-11(14-9)10(18)15-13/h7H,4-6,8,13H2,1-3H3,(H,15,18). The molecule has 2 heterocycles. The lowest BCUT2D eigenvalue weighted by molar-refractivity contribution is 0.0354. The van der Waals surface area contributed by atoms with Gasteiger partial charge in [0.1, 0.15) is 0 Å². The maximum Gasteiger partial charge on any atom is 0.294 e. The first kappa shape index (κ1) is 14.4. The van der Waals surface area contributed by atoms with Crippen LogP contribution in [0.5, 0.6) is 0 Å². The van der Waals surface area contributed by atoms with Crippen LogP contribution >= 0.6 is 11.3 Å². The van der Waals surface area contributed by atoms with E-state index < -0.39 is 0 Å². The normalized spacial score (nSPS) is 20.4. The van der Waals surface area contributed by atoms with Crippen molar-refractivity contribution in [1.82, 2.24) is 20.2 Å². The van der Waals surface area contributed by atoms with Crippen molar-refractivity contribution in [1.29, 1.82) is 0 Å². The maximum atomic E-state index is 11.4. The highest BCUT2D eigenvalue weighted by atomic mass is 32.1. The summed E-state index contributed by atoms with van der Waals surface area (Å²) in [7, 11) is 2.16. The molecule has 0 unspecified atom stereocenters. The largest absolute Gasteiger partial charge is 0.299 e. The number of likely N-dealkylation sites (N-methyl/N-ethyl adjacent to an activating group) is 1. The number of hydrazine groups is 1. The number of amides is 1. The number of nitrogen functional groups attached to an aromatic ring is 1. The Morgan fingerprint density at radius 1 is 1.58 bits per heavy atom. The van der Waals surface area contributed by atoms with Crippen molar-refractivity contribution in [2.45, 2.75) is 25.9 Å². The Morgan fingerprint density at radius 3 is 2.95 bits per heavy atom. The third kappa shape index (κ3) is 3.30. The van der Waals surface area contributed by atoms with Crippen LogP contribution in [0.1, 0.15) is 29.3 Å². The summed E-state index contributed by atoms with van der Waals surface area (Å²) >= 11 is 1.33. The molecular weight excluding hydrogens is 262 g/mol. The summed E-state index contributed by atoms with van der Waals surface area (Å²) in [4.78, 5) is 20.4. The first-order chi connectivity index (χ1) is 8.92. The number of aromatic nitrogens is 1. The molecule has 1 fully saturated rings. The van der Waals surface area contributed by atoms with E-state index in [-0.39, 0.29) is 11.4 Å². The van der Waals surface area contributed by atoms with Crippen molar-refractivity contribution in [2.75, 3.05) is 26.7 Å². The van der Waals surface area contributed by atoms with E-state index >= 15 is 0 Å². The van der Waals surface area contributed by atoms with Crippen molar-refractivity contribution in [2.24, 2.45) is 5.84 Å². The smallest absolute Gasteiger partial charge is 0.294 e. The number of hydrogen-bond donors (Lipinski definition) is 2. The minimum absolute atomic E-state index is 0.172. The Morgan fingerprint density at radius 2 is 2.32 bits per heavy atom. The molecule has 2 rings (SSSR count). The topological polar surface area (TPSA) is 74.5 Å². The number of carbonyl (C=O) groups excluding carboxylic acids is 1. The van der Waals surface area contributed by atoms with E-state index in [0.717, 1.165) is 31.9 Å². The van der Waals surface area contributed by atoms with Crippen LogP contribution in [0.15, 0.2) is 5.38 Å². The Bertz CT molecular complexity index is 459. The van der Waals surface area contributed by atoms with Gasteiger partial charge in [-0.1, -0.05) is 0 Å². The number of piperazine rings is 1. The Labute approximate surface area is 117 Å². The Balaban J connectivity index is 1.98. The molecule has 0 aromatic carbocycles. The van der Waals surface area contributed by atoms with Gasteiger partial charge in [0.25, 0.3) is 5.91 Å². The number of carbonyl (C=O) groups is 1. The first-order valence-electron chi connectivity index (χ1n) is 6.31. The molecule has 0 atom stereocenters. The van der Waals surface area contributed by atoms with Gasteiger partial charge in [-0.3, -0.25) is 20.0 Å². The summed E-state index contributed by atoms with van der Waals surface area (Å²) in [5, 5.41) is 2.35. The van der Waals surface area contributed by atoms with Crippen molar-refractivity contribution >= 4 is 17.2 Å². The van der Waals surface area contributed by atoms with E-state index in [2.05, 4.69) is 41.1 Å². The maximum absolute atomic E-state index is 11.4. The molecule has 1 aromatic heterocycles. The minimum atomic E-state index is -0.324. The fourth-order valence-corrected chi connectivity index (χ4v) is 2.96. The van der Waals surface area contributed by atoms with Gasteiger partial charge in [0, 0.05) is 37.1 Å². The van der Waals surface area contributed by atoms with Gasteiger partial charge >= 0.3 is 0 Å². The fourth-order valence-electron chi connectivity index (χ4n) is 2.25. The third-order valence-corrected chi connectivity index (χ3v) is 4.55. The van der Waals surface area contributed by atoms with Gasteiger partial charge in [-0.2, -0.15) is 0 Å². The molecule has 1 saturated heterocycles. The van der Waals surface area contributed by atoms with Crippen LogP contribution in [0.2, 0.25) is 0 Å². The third-order valence-electron chi connectivity index (χ3n) is 3.66. The fraction of sp³-hybridized carbons (Fsp3) is 0.667. The van der Waals surface area contributed by atoms with Gasteiger partial charge in [-0.15, -0.1) is 11.3 Å². The number of rotatable bonds is 3. The molecule has 1 aliphatic rings. The zero-order chi connectivity index (χ0) is 14.0. The summed E-state index contributed by atoms with van der Waals surface area (Å²) in [5.74, 6) is 4.78. The average Bonchev–Trinajstić information content (AvgIpc) is 2.81. The molecule has 1 aromatic rings. The number of nitrogens with two attached hydrogens (primary N) is 1. The number of nitrogens with zero attached hydrogens (tertiary/aromatic N) is 3. The van der Waals surface area contributed by atoms with Crippen molar-refractivity contribution < 1.29 is 4.79 Å². The number of nitrogens with one attached hydrogen (secondary N) is 1. The molecular formula is C12H21N5OS. The van der Waals surface area contributed by atoms with Crippen LogP contribution in [-0.2, 0) is 6.54 Å². The Hall–Kier alpha value is -1.02. The van der Waals surface area contributed by atoms with Crippen LogP contribution in [0.25, 0.3) is 0 Å². The molecule has 1 amide bonds. The SMILES string of the molecule is CN1CCN(Cc2csc(C(=O)NN)n2)CC1(C)C. The van der Waals surface area contributed by atoms with Gasteiger partial charge in [0.05, 0.1) is 5.69 Å². The lowest BCUT2D eigenvalue weighted by Gasteiger charge is -2.45. The van der Waals surface area contributed by atoms with E-state index in [4.69, 9.17) is 5.84 Å². The van der Waals surface area contributed by atoms with Crippen LogP contribution in [0.3, 0.4) is 0 Å². The summed E-state index contributed by atoms with van der Waals surface area (Å²) in [6, 6.07) is 0. The van der Waals surface area contributed by atoms with Gasteiger partial charge in [0.2, 0.25) is 0 Å². The second kappa shape index (κ2) is 5.54. The molecule has 0 aliphatic carbocycles. The predicted octanol–water partition coefficient (Wildman–Crippen LogP) is 0.273. The van der Waals surface area contributed by atoms with Gasteiger partial charge in [-0.25, -0.2) is 10.8 Å². The number of thiazole rings is 1. The molecule has 1 aliphatic heterocycles. The minimum Gasteiger partial charge on any atom is -0.299 e. The van der Waals surface area contributed by atoms with Crippen LogP contribution in [0, 0.1) is 0 Å². The first-order valence-corrected chi connectivity index (χ1v) is 7.19. The summed E-state index contributed by atoms with van der Waals surface area (Å²) in [6.07, 6.45) is 0. The zero-order valence-corrected chi connectivity index (χ0v) is 12.5. The highest BCUT2D eigenvalue weighted by Crippen LogP contribution is 2.21. The molecule has 3 N–H and O–H groups in total. The van der Waals surface area contributed by atoms with E-state index in [9.17, 15) is 4.79 Å². The van der Waals surface area contributed by atoms with Gasteiger partial charge < -0.3 is 0 Å². The predicted molar refractivity (Wildman–Crippen MR) is 75.8 cm³/mol. The lowest BCUT2D eigenvalue weighted by Crippen LogP contribution is -2.57. The monoisotopic (exact) mass is 283 g/mol. The van der Waals surface area contributed by atoms with Crippen molar-refractivity contribution in [3.05, 3.63) is 16.1 Å². The summed E-state index contributed by atoms with van der Waals surface area (Å²) < 4.78 is 0. The summed E-state index contributed by atoms with van der Waals surface area (Å²) in [5.41, 5.74) is 3.21. The molecule has 0 saturated carbocycles. The van der Waals surface area contributed by atoms with E-state index in [1.807, 2.05) is 5.38 Å². The van der Waals surface area contributed by atoms with Crippen molar-refractivity contribution in [3.8, 4) is 0 Å². The highest BCUT2D eigenvalue weighted by Gasteiger charge is 2.31. The lowest BCUT2D eigenvalue weighted by atomic mass is 10.00. The molecule has 6 nitrogen and oxygen atoms in total. The van der Waals surface area contributed by atoms with Gasteiger partial charge in [-0.05, 0) is 20.9 Å². The van der Waals surface area contributed by atoms with Crippen LogP contribution in [-0.4, -0.2) is 52.9 Å². The highest BCUT2D eigenvalue weighted by molar-refractivity contribution is 7.11. The molecule has 0 radical (unpaired) electrons. The molecule has 7 heteroatoms. The molecule has 0 bridgehead atoms. The van der Waals surface area contributed by atoms with Gasteiger partial charge in [0.15, 0.2) is 5.01 Å². The molecule has 106 valence electrons. The quantitative estimate of drug-likeness (QED) is 0.473. The molecule has 0 spiro atoms. The second-order valence-electron chi connectivity index (χ2n) is 5.56. The van der Waals surface area contributed by atoms with Crippen LogP contribution in [0.4, 0.5) is 0 Å². The molecule has 19 heavy (non-hydrogen) atoms. The van der Waals surface area contributed by atoms with E-state index in [1.165, 1.54) is 11.3 Å². The number of hydrogen-bond acceptors (Lipinski definition) is 6. The van der Waals surface area contributed by atoms with Crippen molar-refractivity contribution in [3.63, 3.8) is 0 Å². The Kier molecular flexibility index (Phi) is 4.19. The van der Waals surface area contributed by atoms with E-state index in [0.29, 0.717) is 5.01 Å².